The van der Waals surface area contributed by atoms with Crippen LogP contribution in [0.2, 0.25) is 0 Å². The van der Waals surface area contributed by atoms with Crippen LogP contribution >= 0.6 is 0 Å². The molecular weight excluding hydrogens is 475 g/mol. The van der Waals surface area contributed by atoms with Crippen molar-refractivity contribution < 1.29 is 24.5 Å². The summed E-state index contributed by atoms with van der Waals surface area (Å²) in [6.45, 7) is 12.0. The standard InChI is InChI=1S/C28H37FN4O4/c1-17(2)25(9-7-8-23(34)15-24(35)16-27(36)37)30-28(31-26-14-18(3)32-33(26)6)20(5)19(4)21-10-12-22(29)13-11-21/h7-8,10-14,17,23-24,31,34-35H,4,9,15-16H2,1-3,5-6H3,(H,36,37)/b8-7+,28-20+,30-25+/t23-,24-/m1/s1. The Kier molecular flexibility index (Phi) is 11.0. The van der Waals surface area contributed by atoms with Gasteiger partial charge in [-0.3, -0.25) is 9.48 Å². The quantitative estimate of drug-likeness (QED) is 0.173. The first-order chi connectivity index (χ1) is 17.4. The predicted octanol–water partition coefficient (Wildman–Crippen LogP) is 4.85. The number of allylic oxidation sites excluding steroid dienone is 3. The highest BCUT2D eigenvalue weighted by atomic mass is 19.1. The molecule has 1 heterocycles. The van der Waals surface area contributed by atoms with Gasteiger partial charge in [-0.1, -0.05) is 44.7 Å². The van der Waals surface area contributed by atoms with Crippen molar-refractivity contribution in [1.29, 1.82) is 0 Å². The molecule has 2 atom stereocenters. The third-order valence-corrected chi connectivity index (χ3v) is 5.78. The van der Waals surface area contributed by atoms with Gasteiger partial charge in [-0.2, -0.15) is 5.10 Å². The summed E-state index contributed by atoms with van der Waals surface area (Å²) in [4.78, 5) is 15.7. The first-order valence-corrected chi connectivity index (χ1v) is 12.1. The number of aliphatic carboxylic acids is 1. The van der Waals surface area contributed by atoms with E-state index in [1.54, 1.807) is 22.9 Å². The number of halogens is 1. The van der Waals surface area contributed by atoms with E-state index in [4.69, 9.17) is 10.1 Å². The van der Waals surface area contributed by atoms with E-state index >= 15 is 0 Å². The zero-order valence-corrected chi connectivity index (χ0v) is 22.1. The molecule has 0 bridgehead atoms. The minimum Gasteiger partial charge on any atom is -0.481 e. The van der Waals surface area contributed by atoms with Gasteiger partial charge in [0.25, 0.3) is 0 Å². The SMILES string of the molecule is C=C(/C(C)=C(\N=C(/C/C=C/[C@@H](O)C[C@@H](O)CC(=O)O)C(C)C)Nc1cc(C)nn1C)c1ccc(F)cc1. The molecule has 0 saturated heterocycles. The maximum absolute atomic E-state index is 13.5. The van der Waals surface area contributed by atoms with Crippen molar-refractivity contribution in [3.05, 3.63) is 77.5 Å². The minimum atomic E-state index is -1.13. The van der Waals surface area contributed by atoms with Gasteiger partial charge in [0, 0.05) is 31.7 Å². The fourth-order valence-corrected chi connectivity index (χ4v) is 3.61. The van der Waals surface area contributed by atoms with Gasteiger partial charge < -0.3 is 20.6 Å². The van der Waals surface area contributed by atoms with E-state index < -0.39 is 24.6 Å². The third-order valence-electron chi connectivity index (χ3n) is 5.78. The van der Waals surface area contributed by atoms with Crippen LogP contribution in [0.1, 0.15) is 51.3 Å². The zero-order valence-electron chi connectivity index (χ0n) is 22.1. The molecule has 0 radical (unpaired) electrons. The van der Waals surface area contributed by atoms with Crippen molar-refractivity contribution in [3.63, 3.8) is 0 Å². The number of aryl methyl sites for hydroxylation is 2. The number of nitrogens with zero attached hydrogens (tertiary/aromatic N) is 3. The lowest BCUT2D eigenvalue weighted by atomic mass is 10.00. The fraction of sp³-hybridized carbons (Fsp3) is 0.393. The average molecular weight is 513 g/mol. The number of hydrogen-bond donors (Lipinski definition) is 4. The third kappa shape index (κ3) is 9.44. The summed E-state index contributed by atoms with van der Waals surface area (Å²) in [5, 5.41) is 36.4. The molecule has 37 heavy (non-hydrogen) atoms. The Balaban J connectivity index is 2.37. The summed E-state index contributed by atoms with van der Waals surface area (Å²) >= 11 is 0. The molecule has 2 rings (SSSR count). The number of carboxylic acids is 1. The lowest BCUT2D eigenvalue weighted by molar-refractivity contribution is -0.139. The second-order valence-corrected chi connectivity index (χ2v) is 9.32. The summed E-state index contributed by atoms with van der Waals surface area (Å²) in [7, 11) is 1.83. The highest BCUT2D eigenvalue weighted by molar-refractivity contribution is 5.89. The number of rotatable bonds is 13. The van der Waals surface area contributed by atoms with E-state index in [1.165, 1.54) is 18.2 Å². The molecule has 1 aromatic carbocycles. The van der Waals surface area contributed by atoms with Crippen LogP contribution in [0.5, 0.6) is 0 Å². The first kappa shape index (κ1) is 29.7. The largest absolute Gasteiger partial charge is 0.481 e. The van der Waals surface area contributed by atoms with Crippen LogP contribution in [0.15, 0.2) is 65.4 Å². The van der Waals surface area contributed by atoms with Crippen molar-refractivity contribution in [2.45, 2.75) is 59.2 Å². The second kappa shape index (κ2) is 13.7. The smallest absolute Gasteiger partial charge is 0.305 e. The maximum Gasteiger partial charge on any atom is 0.305 e. The summed E-state index contributed by atoms with van der Waals surface area (Å²) in [5.74, 6) is -0.0791. The molecule has 200 valence electrons. The highest BCUT2D eigenvalue weighted by Crippen LogP contribution is 2.26. The van der Waals surface area contributed by atoms with E-state index in [1.807, 2.05) is 40.8 Å². The number of benzene rings is 1. The average Bonchev–Trinajstić information content (AvgIpc) is 3.12. The van der Waals surface area contributed by atoms with Gasteiger partial charge in [0.05, 0.1) is 24.3 Å². The number of aliphatic hydroxyl groups is 2. The molecule has 0 amide bonds. The summed E-state index contributed by atoms with van der Waals surface area (Å²) in [6, 6.07) is 8.01. The Morgan fingerprint density at radius 1 is 1.27 bits per heavy atom. The molecule has 0 fully saturated rings. The van der Waals surface area contributed by atoms with Gasteiger partial charge in [0.2, 0.25) is 0 Å². The molecule has 1 aromatic heterocycles. The van der Waals surface area contributed by atoms with Crippen molar-refractivity contribution in [1.82, 2.24) is 9.78 Å². The number of aliphatic imine (C=N–C) groups is 1. The normalized spacial score (nSPS) is 14.6. The minimum absolute atomic E-state index is 0.0661. The number of carbonyl (C=O) groups is 1. The Labute approximate surface area is 217 Å². The van der Waals surface area contributed by atoms with E-state index in [-0.39, 0.29) is 18.2 Å². The molecule has 0 aliphatic heterocycles. The lowest BCUT2D eigenvalue weighted by Gasteiger charge is -2.17. The van der Waals surface area contributed by atoms with Gasteiger partial charge in [-0.25, -0.2) is 9.38 Å². The molecule has 2 aromatic rings. The second-order valence-electron chi connectivity index (χ2n) is 9.32. The van der Waals surface area contributed by atoms with Gasteiger partial charge in [-0.05, 0) is 48.6 Å². The van der Waals surface area contributed by atoms with Crippen LogP contribution in [0, 0.1) is 18.7 Å². The van der Waals surface area contributed by atoms with E-state index in [0.717, 1.165) is 28.4 Å². The summed E-state index contributed by atoms with van der Waals surface area (Å²) in [5.41, 5.74) is 3.89. The summed E-state index contributed by atoms with van der Waals surface area (Å²) in [6.07, 6.45) is 1.12. The molecular formula is C28H37FN4O4. The number of carboxylic acid groups (broad SMARTS) is 1. The number of nitrogens with one attached hydrogen (secondary N) is 1. The zero-order chi connectivity index (χ0) is 27.7. The van der Waals surface area contributed by atoms with E-state index in [0.29, 0.717) is 17.8 Å². The summed E-state index contributed by atoms with van der Waals surface area (Å²) < 4.78 is 15.2. The van der Waals surface area contributed by atoms with Gasteiger partial charge >= 0.3 is 5.97 Å². The Morgan fingerprint density at radius 3 is 2.46 bits per heavy atom. The van der Waals surface area contributed by atoms with Crippen LogP contribution < -0.4 is 5.32 Å². The first-order valence-electron chi connectivity index (χ1n) is 12.1. The fourth-order valence-electron chi connectivity index (χ4n) is 3.61. The molecule has 0 aliphatic carbocycles. The topological polar surface area (TPSA) is 120 Å². The lowest BCUT2D eigenvalue weighted by Crippen LogP contribution is -2.19. The van der Waals surface area contributed by atoms with E-state index in [2.05, 4.69) is 17.0 Å². The van der Waals surface area contributed by atoms with Crippen LogP contribution in [-0.4, -0.2) is 49.0 Å². The Hall–Kier alpha value is -3.56. The number of anilines is 1. The Morgan fingerprint density at radius 2 is 1.92 bits per heavy atom. The van der Waals surface area contributed by atoms with Crippen molar-refractivity contribution in [2.24, 2.45) is 18.0 Å². The van der Waals surface area contributed by atoms with Gasteiger partial charge in [0.15, 0.2) is 0 Å². The molecule has 0 aliphatic rings. The van der Waals surface area contributed by atoms with Crippen molar-refractivity contribution in [3.8, 4) is 0 Å². The molecule has 8 nitrogen and oxygen atoms in total. The van der Waals surface area contributed by atoms with Gasteiger partial charge in [0.1, 0.15) is 17.5 Å². The molecule has 0 saturated carbocycles. The monoisotopic (exact) mass is 512 g/mol. The van der Waals surface area contributed by atoms with Crippen molar-refractivity contribution >= 4 is 23.1 Å². The van der Waals surface area contributed by atoms with E-state index in [9.17, 15) is 19.4 Å². The van der Waals surface area contributed by atoms with Crippen LogP contribution in [0.4, 0.5) is 10.2 Å². The Bertz CT molecular complexity index is 1180. The molecule has 0 unspecified atom stereocenters. The van der Waals surface area contributed by atoms with Gasteiger partial charge in [-0.15, -0.1) is 0 Å². The maximum atomic E-state index is 13.5. The predicted molar refractivity (Wildman–Crippen MR) is 145 cm³/mol. The van der Waals surface area contributed by atoms with Crippen LogP contribution in [0.25, 0.3) is 5.57 Å². The molecule has 9 heteroatoms. The number of aliphatic hydroxyl groups excluding tert-OH is 2. The molecule has 4 N–H and O–H groups in total. The highest BCUT2D eigenvalue weighted by Gasteiger charge is 2.15. The number of hydrogen-bond acceptors (Lipinski definition) is 6. The van der Waals surface area contributed by atoms with Crippen LogP contribution in [-0.2, 0) is 11.8 Å². The van der Waals surface area contributed by atoms with Crippen molar-refractivity contribution in [2.75, 3.05) is 5.32 Å². The van der Waals surface area contributed by atoms with Crippen LogP contribution in [0.3, 0.4) is 0 Å². The molecule has 0 spiro atoms. The number of aromatic nitrogens is 2.